The van der Waals surface area contributed by atoms with Crippen LogP contribution in [0, 0.1) is 6.92 Å². The van der Waals surface area contributed by atoms with Gasteiger partial charge >= 0.3 is 0 Å². The van der Waals surface area contributed by atoms with Crippen LogP contribution in [0.4, 0.5) is 11.5 Å². The molecule has 1 aromatic carbocycles. The molecule has 0 saturated carbocycles. The fraction of sp³-hybridized carbons (Fsp3) is 0.357. The molecule has 2 saturated heterocycles. The third kappa shape index (κ3) is 4.78. The molecule has 2 aliphatic heterocycles. The number of hydrogen-bond donors (Lipinski definition) is 0. The molecule has 2 aromatic heterocycles. The van der Waals surface area contributed by atoms with Gasteiger partial charge in [0.05, 0.1) is 23.3 Å². The minimum absolute atomic E-state index is 0.00518. The lowest BCUT2D eigenvalue weighted by Crippen LogP contribution is -2.47. The van der Waals surface area contributed by atoms with Gasteiger partial charge in [-0.3, -0.25) is 18.9 Å². The first-order valence-corrected chi connectivity index (χ1v) is 14.0. The molecular weight excluding hydrogens is 518 g/mol. The van der Waals surface area contributed by atoms with Crippen LogP contribution in [0.2, 0.25) is 0 Å². The van der Waals surface area contributed by atoms with Crippen LogP contribution in [0.15, 0.2) is 52.3 Å². The molecule has 10 heteroatoms. The molecule has 4 heterocycles. The maximum atomic E-state index is 13.8. The third-order valence-corrected chi connectivity index (χ3v) is 8.45. The summed E-state index contributed by atoms with van der Waals surface area (Å²) in [5.41, 5.74) is 2.78. The Balaban J connectivity index is 1.54. The number of aromatic nitrogens is 2. The number of carbonyl (C=O) groups excluding carboxylic acids is 1. The lowest BCUT2D eigenvalue weighted by atomic mass is 10.2. The number of thiocarbonyl (C=S) groups is 1. The quantitative estimate of drug-likeness (QED) is 0.332. The van der Waals surface area contributed by atoms with Crippen molar-refractivity contribution < 1.29 is 9.53 Å². The van der Waals surface area contributed by atoms with E-state index in [0.717, 1.165) is 36.5 Å². The van der Waals surface area contributed by atoms with Gasteiger partial charge in [0.1, 0.15) is 21.5 Å². The molecule has 0 spiro atoms. The van der Waals surface area contributed by atoms with Crippen molar-refractivity contribution >= 4 is 57.4 Å². The van der Waals surface area contributed by atoms with Gasteiger partial charge in [-0.1, -0.05) is 49.1 Å². The van der Waals surface area contributed by atoms with Gasteiger partial charge in [0.25, 0.3) is 11.5 Å². The summed E-state index contributed by atoms with van der Waals surface area (Å²) in [6.07, 6.45) is 4.27. The zero-order valence-corrected chi connectivity index (χ0v) is 23.6. The van der Waals surface area contributed by atoms with Crippen LogP contribution in [-0.2, 0) is 4.79 Å². The first kappa shape index (κ1) is 26.2. The summed E-state index contributed by atoms with van der Waals surface area (Å²) >= 11 is 6.77. The fourth-order valence-electron chi connectivity index (χ4n) is 4.84. The van der Waals surface area contributed by atoms with E-state index in [0.29, 0.717) is 39.3 Å². The number of para-hydroxylation sites is 2. The Morgan fingerprint density at radius 2 is 1.82 bits per heavy atom. The highest BCUT2D eigenvalue weighted by atomic mass is 32.2. The number of anilines is 2. The number of benzene rings is 1. The van der Waals surface area contributed by atoms with Gasteiger partial charge in [-0.2, -0.15) is 0 Å². The molecule has 0 radical (unpaired) electrons. The Bertz CT molecular complexity index is 1490. The first-order valence-electron chi connectivity index (χ1n) is 12.7. The number of piperazine rings is 1. The number of methoxy groups -OCH3 is 1. The number of pyridine rings is 1. The van der Waals surface area contributed by atoms with E-state index < -0.39 is 0 Å². The average Bonchev–Trinajstić information content (AvgIpc) is 3.22. The van der Waals surface area contributed by atoms with Crippen LogP contribution >= 0.6 is 24.0 Å². The van der Waals surface area contributed by atoms with Crippen LogP contribution in [0.5, 0.6) is 5.75 Å². The summed E-state index contributed by atoms with van der Waals surface area (Å²) in [5, 5.41) is 0. The van der Waals surface area contributed by atoms with Gasteiger partial charge in [-0.25, -0.2) is 4.98 Å². The highest BCUT2D eigenvalue weighted by Gasteiger charge is 2.35. The summed E-state index contributed by atoms with van der Waals surface area (Å²) in [4.78, 5) is 38.5. The SMILES string of the molecule is CCC(C)N1C(=O)/C(=C/c2c(N3CCN(c4ccccc4OC)CC3)nc3ccc(C)cn3c2=O)SC1=S. The molecule has 8 nitrogen and oxygen atoms in total. The molecule has 2 aliphatic rings. The van der Waals surface area contributed by atoms with Crippen molar-refractivity contribution in [3.8, 4) is 5.75 Å². The first-order chi connectivity index (χ1) is 18.3. The Kier molecular flexibility index (Phi) is 7.45. The van der Waals surface area contributed by atoms with E-state index in [4.69, 9.17) is 21.9 Å². The third-order valence-electron chi connectivity index (χ3n) is 7.12. The summed E-state index contributed by atoms with van der Waals surface area (Å²) in [6.45, 7) is 8.76. The summed E-state index contributed by atoms with van der Waals surface area (Å²) in [6, 6.07) is 11.8. The second kappa shape index (κ2) is 10.8. The van der Waals surface area contributed by atoms with Crippen LogP contribution < -0.4 is 20.1 Å². The van der Waals surface area contributed by atoms with Crippen molar-refractivity contribution in [2.24, 2.45) is 0 Å². The van der Waals surface area contributed by atoms with E-state index in [-0.39, 0.29) is 17.5 Å². The van der Waals surface area contributed by atoms with Gasteiger partial charge in [0.15, 0.2) is 0 Å². The highest BCUT2D eigenvalue weighted by molar-refractivity contribution is 8.26. The number of hydrogen-bond acceptors (Lipinski definition) is 8. The van der Waals surface area contributed by atoms with Crippen LogP contribution in [-0.4, -0.2) is 63.8 Å². The van der Waals surface area contributed by atoms with Crippen molar-refractivity contribution in [2.75, 3.05) is 43.1 Å². The molecule has 0 aliphatic carbocycles. The summed E-state index contributed by atoms with van der Waals surface area (Å²) in [5.74, 6) is 1.27. The van der Waals surface area contributed by atoms with E-state index >= 15 is 0 Å². The van der Waals surface area contributed by atoms with Crippen molar-refractivity contribution in [1.29, 1.82) is 0 Å². The van der Waals surface area contributed by atoms with Gasteiger partial charge in [-0.15, -0.1) is 0 Å². The second-order valence-electron chi connectivity index (χ2n) is 9.54. The zero-order valence-electron chi connectivity index (χ0n) is 22.0. The van der Waals surface area contributed by atoms with E-state index in [1.807, 2.05) is 51.1 Å². The second-order valence-corrected chi connectivity index (χ2v) is 11.2. The standard InChI is InChI=1S/C28H31N5O3S2/c1-5-19(3)33-27(35)23(38-28(33)37)16-20-25(29-24-11-10-18(2)17-32(24)26(20)34)31-14-12-30(13-15-31)21-8-6-7-9-22(21)36-4/h6-11,16-17,19H,5,12-15H2,1-4H3/b23-16-. The Labute approximate surface area is 231 Å². The van der Waals surface area contributed by atoms with Crippen LogP contribution in [0.3, 0.4) is 0 Å². The molecule has 5 rings (SSSR count). The monoisotopic (exact) mass is 549 g/mol. The van der Waals surface area contributed by atoms with E-state index in [1.54, 1.807) is 28.7 Å². The normalized spacial score (nSPS) is 18.1. The number of nitrogens with zero attached hydrogens (tertiary/aromatic N) is 5. The highest BCUT2D eigenvalue weighted by Crippen LogP contribution is 2.36. The maximum absolute atomic E-state index is 13.8. The molecule has 38 heavy (non-hydrogen) atoms. The Morgan fingerprint density at radius 3 is 2.53 bits per heavy atom. The number of amides is 1. The van der Waals surface area contributed by atoms with E-state index in [2.05, 4.69) is 15.9 Å². The molecule has 2 fully saturated rings. The van der Waals surface area contributed by atoms with E-state index in [9.17, 15) is 9.59 Å². The number of rotatable bonds is 6. The molecule has 1 unspecified atom stereocenters. The topological polar surface area (TPSA) is 70.4 Å². The van der Waals surface area contributed by atoms with E-state index in [1.165, 1.54) is 11.8 Å². The van der Waals surface area contributed by atoms with Crippen LogP contribution in [0.1, 0.15) is 31.4 Å². The fourth-order valence-corrected chi connectivity index (χ4v) is 6.28. The molecule has 0 N–H and O–H groups in total. The van der Waals surface area contributed by atoms with Gasteiger partial charge in [0.2, 0.25) is 0 Å². The number of ether oxygens (including phenoxy) is 1. The molecule has 1 amide bonds. The number of carbonyl (C=O) groups is 1. The van der Waals surface area contributed by atoms with Crippen molar-refractivity contribution in [3.05, 3.63) is 69.0 Å². The van der Waals surface area contributed by atoms with Crippen molar-refractivity contribution in [2.45, 2.75) is 33.2 Å². The largest absolute Gasteiger partial charge is 0.495 e. The summed E-state index contributed by atoms with van der Waals surface area (Å²) < 4.78 is 7.64. The molecular formula is C28H31N5O3S2. The minimum atomic E-state index is -0.199. The molecule has 0 bridgehead atoms. The molecule has 3 aromatic rings. The van der Waals surface area contributed by atoms with Crippen molar-refractivity contribution in [1.82, 2.24) is 14.3 Å². The number of aryl methyl sites for hydroxylation is 1. The number of fused-ring (bicyclic) bond motifs is 1. The zero-order chi connectivity index (χ0) is 27.0. The lowest BCUT2D eigenvalue weighted by molar-refractivity contribution is -0.123. The predicted molar refractivity (Wildman–Crippen MR) is 158 cm³/mol. The average molecular weight is 550 g/mol. The maximum Gasteiger partial charge on any atom is 0.267 e. The Hall–Kier alpha value is -3.37. The lowest BCUT2D eigenvalue weighted by Gasteiger charge is -2.37. The molecule has 1 atom stereocenters. The number of thioether (sulfide) groups is 1. The smallest absolute Gasteiger partial charge is 0.267 e. The van der Waals surface area contributed by atoms with Crippen molar-refractivity contribution in [3.63, 3.8) is 0 Å². The van der Waals surface area contributed by atoms with Gasteiger partial charge < -0.3 is 14.5 Å². The van der Waals surface area contributed by atoms with Gasteiger partial charge in [0, 0.05) is 38.4 Å². The minimum Gasteiger partial charge on any atom is -0.495 e. The van der Waals surface area contributed by atoms with Gasteiger partial charge in [-0.05, 0) is 50.1 Å². The molecule has 198 valence electrons. The summed E-state index contributed by atoms with van der Waals surface area (Å²) in [7, 11) is 1.68. The van der Waals surface area contributed by atoms with Crippen LogP contribution in [0.25, 0.3) is 11.7 Å². The Morgan fingerprint density at radius 1 is 1.11 bits per heavy atom. The predicted octanol–water partition coefficient (Wildman–Crippen LogP) is 4.34.